The molecule has 3 aromatic carbocycles. The van der Waals surface area contributed by atoms with Crippen LogP contribution in [-0.4, -0.2) is 25.5 Å². The Morgan fingerprint density at radius 2 is 1.81 bits per heavy atom. The van der Waals surface area contributed by atoms with Crippen LogP contribution in [0.25, 0.3) is 22.1 Å². The highest BCUT2D eigenvalue weighted by molar-refractivity contribution is 6.00. The molecule has 0 bridgehead atoms. The molecule has 0 N–H and O–H groups in total. The van der Waals surface area contributed by atoms with Crippen molar-refractivity contribution in [3.8, 4) is 16.9 Å². The van der Waals surface area contributed by atoms with Crippen LogP contribution in [0.15, 0.2) is 71.3 Å². The second-order valence-electron chi connectivity index (χ2n) is 7.59. The molecule has 0 fully saturated rings. The molecular formula is C26H20O5. The number of benzene rings is 3. The highest BCUT2D eigenvalue weighted by atomic mass is 16.5. The second kappa shape index (κ2) is 7.76. The van der Waals surface area contributed by atoms with E-state index in [2.05, 4.69) is 12.1 Å². The molecule has 154 valence electrons. The zero-order valence-corrected chi connectivity index (χ0v) is 17.0. The van der Waals surface area contributed by atoms with E-state index in [0.29, 0.717) is 22.5 Å². The molecule has 0 radical (unpaired) electrons. The van der Waals surface area contributed by atoms with Crippen LogP contribution in [0.5, 0.6) is 5.75 Å². The number of carbonyl (C=O) groups is 2. The van der Waals surface area contributed by atoms with Crippen molar-refractivity contribution >= 4 is 22.7 Å². The van der Waals surface area contributed by atoms with E-state index in [1.54, 1.807) is 19.2 Å². The number of furan rings is 1. The molecule has 1 aliphatic rings. The van der Waals surface area contributed by atoms with Crippen molar-refractivity contribution in [2.75, 3.05) is 13.7 Å². The Labute approximate surface area is 179 Å². The van der Waals surface area contributed by atoms with Gasteiger partial charge in [-0.05, 0) is 46.9 Å². The van der Waals surface area contributed by atoms with Gasteiger partial charge >= 0.3 is 5.97 Å². The Bertz CT molecular complexity index is 1310. The molecule has 0 saturated carbocycles. The van der Waals surface area contributed by atoms with Crippen LogP contribution in [0.2, 0.25) is 0 Å². The van der Waals surface area contributed by atoms with Crippen molar-refractivity contribution in [2.24, 2.45) is 0 Å². The number of ether oxygens (including phenoxy) is 2. The van der Waals surface area contributed by atoms with Crippen molar-refractivity contribution in [3.05, 3.63) is 89.2 Å². The number of hydrogen-bond donors (Lipinski definition) is 0. The van der Waals surface area contributed by atoms with Crippen molar-refractivity contribution in [3.63, 3.8) is 0 Å². The molecule has 0 aliphatic heterocycles. The molecule has 0 unspecified atom stereocenters. The van der Waals surface area contributed by atoms with E-state index in [4.69, 9.17) is 13.9 Å². The van der Waals surface area contributed by atoms with Gasteiger partial charge in [0.2, 0.25) is 0 Å². The van der Waals surface area contributed by atoms with Gasteiger partial charge in [-0.2, -0.15) is 0 Å². The molecule has 5 rings (SSSR count). The van der Waals surface area contributed by atoms with Gasteiger partial charge in [0, 0.05) is 22.6 Å². The summed E-state index contributed by atoms with van der Waals surface area (Å²) in [6.07, 6.45) is 2.44. The summed E-state index contributed by atoms with van der Waals surface area (Å²) in [5.74, 6) is -0.0146. The predicted octanol–water partition coefficient (Wildman–Crippen LogP) is 4.98. The Hall–Kier alpha value is -3.86. The van der Waals surface area contributed by atoms with Gasteiger partial charge in [0.1, 0.15) is 11.3 Å². The van der Waals surface area contributed by atoms with Crippen LogP contribution in [-0.2, 0) is 22.4 Å². The average molecular weight is 412 g/mol. The fourth-order valence-electron chi connectivity index (χ4n) is 4.06. The summed E-state index contributed by atoms with van der Waals surface area (Å²) in [6.45, 7) is -0.289. The Balaban J connectivity index is 1.25. The van der Waals surface area contributed by atoms with Gasteiger partial charge in [0.05, 0.1) is 19.8 Å². The quantitative estimate of drug-likeness (QED) is 0.291. The summed E-state index contributed by atoms with van der Waals surface area (Å²) in [7, 11) is 1.58. The molecule has 5 heteroatoms. The minimum absolute atomic E-state index is 0.0319. The third-order valence-electron chi connectivity index (χ3n) is 5.68. The number of hydrogen-bond acceptors (Lipinski definition) is 5. The van der Waals surface area contributed by atoms with E-state index in [1.807, 2.05) is 36.4 Å². The van der Waals surface area contributed by atoms with Crippen LogP contribution >= 0.6 is 0 Å². The standard InChI is InChI=1S/C26H20O5/c1-29-20-8-9-22-19(14-30-25(22)13-20)12-26(28)31-15-24(27)18-7-6-17-10-16-4-2-3-5-21(16)23(17)11-18/h2-9,11,13-14H,10,12,15H2,1H3. The minimum Gasteiger partial charge on any atom is -0.497 e. The summed E-state index contributed by atoms with van der Waals surface area (Å²) in [4.78, 5) is 25.0. The molecule has 0 saturated heterocycles. The lowest BCUT2D eigenvalue weighted by molar-refractivity contribution is -0.141. The minimum atomic E-state index is -0.474. The zero-order chi connectivity index (χ0) is 21.4. The number of carbonyl (C=O) groups excluding carboxylic acids is 2. The van der Waals surface area contributed by atoms with Crippen LogP contribution in [0.4, 0.5) is 0 Å². The molecule has 31 heavy (non-hydrogen) atoms. The smallest absolute Gasteiger partial charge is 0.310 e. The fourth-order valence-corrected chi connectivity index (χ4v) is 4.06. The summed E-state index contributed by atoms with van der Waals surface area (Å²) in [6, 6.07) is 19.3. The third-order valence-corrected chi connectivity index (χ3v) is 5.68. The maximum atomic E-state index is 12.6. The highest BCUT2D eigenvalue weighted by Gasteiger charge is 2.20. The normalized spacial score (nSPS) is 11.8. The average Bonchev–Trinajstić information content (AvgIpc) is 3.37. The van der Waals surface area contributed by atoms with E-state index in [1.165, 1.54) is 17.4 Å². The van der Waals surface area contributed by atoms with Crippen molar-refractivity contribution < 1.29 is 23.5 Å². The molecular weight excluding hydrogens is 392 g/mol. The monoisotopic (exact) mass is 412 g/mol. The van der Waals surface area contributed by atoms with Crippen LogP contribution < -0.4 is 4.74 Å². The van der Waals surface area contributed by atoms with Gasteiger partial charge in [0.15, 0.2) is 12.4 Å². The SMILES string of the molecule is COc1ccc2c(CC(=O)OCC(=O)c3ccc4c(c3)-c3ccccc3C4)coc2c1. The van der Waals surface area contributed by atoms with Gasteiger partial charge in [-0.1, -0.05) is 36.4 Å². The Kier molecular flexibility index (Phi) is 4.79. The van der Waals surface area contributed by atoms with Gasteiger partial charge in [-0.3, -0.25) is 9.59 Å². The van der Waals surface area contributed by atoms with Crippen molar-refractivity contribution in [1.82, 2.24) is 0 Å². The number of esters is 1. The first-order chi connectivity index (χ1) is 15.1. The molecule has 0 atom stereocenters. The first-order valence-corrected chi connectivity index (χ1v) is 10.1. The Morgan fingerprint density at radius 1 is 0.968 bits per heavy atom. The zero-order valence-electron chi connectivity index (χ0n) is 17.0. The van der Waals surface area contributed by atoms with Gasteiger partial charge in [0.25, 0.3) is 0 Å². The van der Waals surface area contributed by atoms with Crippen molar-refractivity contribution in [1.29, 1.82) is 0 Å². The maximum absolute atomic E-state index is 12.6. The predicted molar refractivity (Wildman–Crippen MR) is 116 cm³/mol. The number of fused-ring (bicyclic) bond motifs is 4. The third kappa shape index (κ3) is 3.59. The summed E-state index contributed by atoms with van der Waals surface area (Å²) < 4.78 is 15.9. The van der Waals surface area contributed by atoms with Crippen LogP contribution in [0.3, 0.4) is 0 Å². The summed E-state index contributed by atoms with van der Waals surface area (Å²) in [5.41, 5.74) is 6.60. The largest absolute Gasteiger partial charge is 0.497 e. The van der Waals surface area contributed by atoms with E-state index < -0.39 is 5.97 Å². The molecule has 1 aliphatic carbocycles. The van der Waals surface area contributed by atoms with E-state index in [0.717, 1.165) is 22.9 Å². The summed E-state index contributed by atoms with van der Waals surface area (Å²) in [5, 5.41) is 0.821. The molecule has 1 heterocycles. The van der Waals surface area contributed by atoms with Gasteiger partial charge in [-0.25, -0.2) is 0 Å². The number of ketones is 1. The van der Waals surface area contributed by atoms with E-state index >= 15 is 0 Å². The number of Topliss-reactive ketones (excluding diaryl/α,β-unsaturated/α-hetero) is 1. The fraction of sp³-hybridized carbons (Fsp3) is 0.154. The van der Waals surface area contributed by atoms with E-state index in [9.17, 15) is 9.59 Å². The molecule has 0 amide bonds. The molecule has 4 aromatic rings. The highest BCUT2D eigenvalue weighted by Crippen LogP contribution is 2.36. The van der Waals surface area contributed by atoms with Crippen molar-refractivity contribution in [2.45, 2.75) is 12.8 Å². The molecule has 1 aromatic heterocycles. The lowest BCUT2D eigenvalue weighted by atomic mass is 10.0. The number of methoxy groups -OCH3 is 1. The Morgan fingerprint density at radius 3 is 2.68 bits per heavy atom. The van der Waals surface area contributed by atoms with Crippen LogP contribution in [0, 0.1) is 0 Å². The maximum Gasteiger partial charge on any atom is 0.310 e. The second-order valence-corrected chi connectivity index (χ2v) is 7.59. The van der Waals surface area contributed by atoms with Crippen LogP contribution in [0.1, 0.15) is 27.0 Å². The molecule has 0 spiro atoms. The lowest BCUT2D eigenvalue weighted by Gasteiger charge is -2.07. The molecule has 5 nitrogen and oxygen atoms in total. The van der Waals surface area contributed by atoms with Gasteiger partial charge in [-0.15, -0.1) is 0 Å². The van der Waals surface area contributed by atoms with E-state index in [-0.39, 0.29) is 18.8 Å². The topological polar surface area (TPSA) is 65.7 Å². The first kappa shape index (κ1) is 19.1. The van der Waals surface area contributed by atoms with Gasteiger partial charge < -0.3 is 13.9 Å². The number of rotatable bonds is 6. The first-order valence-electron chi connectivity index (χ1n) is 10.1. The lowest BCUT2D eigenvalue weighted by Crippen LogP contribution is -2.15. The summed E-state index contributed by atoms with van der Waals surface area (Å²) >= 11 is 0.